The Labute approximate surface area is 128 Å². The van der Waals surface area contributed by atoms with Crippen molar-refractivity contribution >= 4 is 27.5 Å². The van der Waals surface area contributed by atoms with Crippen molar-refractivity contribution in [3.8, 4) is 0 Å². The summed E-state index contributed by atoms with van der Waals surface area (Å²) in [5, 5.41) is 6.19. The van der Waals surface area contributed by atoms with E-state index in [1.54, 1.807) is 0 Å². The molecule has 0 radical (unpaired) electrons. The molecule has 1 saturated heterocycles. The van der Waals surface area contributed by atoms with Crippen LogP contribution in [0.1, 0.15) is 26.7 Å². The molecule has 1 amide bonds. The van der Waals surface area contributed by atoms with Gasteiger partial charge in [-0.2, -0.15) is 0 Å². The van der Waals surface area contributed by atoms with E-state index in [2.05, 4.69) is 40.4 Å². The van der Waals surface area contributed by atoms with Gasteiger partial charge in [-0.25, -0.2) is 0 Å². The molecule has 1 aliphatic heterocycles. The minimum atomic E-state index is -0.101. The maximum Gasteiger partial charge on any atom is 0.238 e. The molecule has 0 spiro atoms. The van der Waals surface area contributed by atoms with Gasteiger partial charge in [-0.15, -0.1) is 0 Å². The lowest BCUT2D eigenvalue weighted by atomic mass is 9.94. The molecule has 1 unspecified atom stereocenters. The second-order valence-electron chi connectivity index (χ2n) is 5.74. The van der Waals surface area contributed by atoms with E-state index < -0.39 is 0 Å². The number of carbonyl (C=O) groups is 1. The van der Waals surface area contributed by atoms with Crippen molar-refractivity contribution in [2.24, 2.45) is 0 Å². The molecule has 2 N–H and O–H groups in total. The van der Waals surface area contributed by atoms with Gasteiger partial charge in [0.15, 0.2) is 0 Å². The molecule has 4 nitrogen and oxygen atoms in total. The third-order valence-electron chi connectivity index (χ3n) is 3.36. The number of benzene rings is 1. The van der Waals surface area contributed by atoms with Gasteiger partial charge in [-0.1, -0.05) is 22.0 Å². The van der Waals surface area contributed by atoms with E-state index in [0.29, 0.717) is 12.6 Å². The zero-order valence-electron chi connectivity index (χ0n) is 11.9. The van der Waals surface area contributed by atoms with Crippen LogP contribution < -0.4 is 10.6 Å². The second-order valence-corrected chi connectivity index (χ2v) is 6.65. The highest BCUT2D eigenvalue weighted by molar-refractivity contribution is 9.10. The molecule has 1 aliphatic rings. The molecule has 0 aromatic heterocycles. The Balaban J connectivity index is 1.78. The number of hydrogen-bond donors (Lipinski definition) is 2. The normalized spacial score (nSPS) is 21.4. The van der Waals surface area contributed by atoms with Crippen LogP contribution in [0.15, 0.2) is 28.7 Å². The largest absolute Gasteiger partial charge is 0.375 e. The maximum atomic E-state index is 11.9. The predicted octanol–water partition coefficient (Wildman–Crippen LogP) is 2.93. The molecule has 0 aliphatic carbocycles. The maximum absolute atomic E-state index is 11.9. The highest BCUT2D eigenvalue weighted by Crippen LogP contribution is 2.23. The molecular weight excluding hydrogens is 320 g/mol. The van der Waals surface area contributed by atoms with Crippen molar-refractivity contribution in [1.29, 1.82) is 0 Å². The lowest BCUT2D eigenvalue weighted by molar-refractivity contribution is -0.116. The topological polar surface area (TPSA) is 50.4 Å². The summed E-state index contributed by atoms with van der Waals surface area (Å²) in [5.41, 5.74) is 0.704. The zero-order chi connectivity index (χ0) is 14.6. The summed E-state index contributed by atoms with van der Waals surface area (Å²) in [6.07, 6.45) is 1.88. The Morgan fingerprint density at radius 3 is 3.00 bits per heavy atom. The first-order valence-electron chi connectivity index (χ1n) is 6.87. The van der Waals surface area contributed by atoms with Crippen LogP contribution in [0.4, 0.5) is 5.69 Å². The number of halogens is 1. The number of carbonyl (C=O) groups excluding carboxylic acids is 1. The van der Waals surface area contributed by atoms with Gasteiger partial charge in [0.2, 0.25) is 5.91 Å². The first-order chi connectivity index (χ1) is 9.44. The van der Waals surface area contributed by atoms with E-state index in [-0.39, 0.29) is 11.5 Å². The van der Waals surface area contributed by atoms with Crippen molar-refractivity contribution in [2.75, 3.05) is 18.5 Å². The van der Waals surface area contributed by atoms with Crippen LogP contribution in [0.3, 0.4) is 0 Å². The van der Waals surface area contributed by atoms with Gasteiger partial charge < -0.3 is 15.4 Å². The predicted molar refractivity (Wildman–Crippen MR) is 83.8 cm³/mol. The Morgan fingerprint density at radius 2 is 2.30 bits per heavy atom. The summed E-state index contributed by atoms with van der Waals surface area (Å²) in [4.78, 5) is 11.9. The molecule has 0 bridgehead atoms. The minimum Gasteiger partial charge on any atom is -0.375 e. The third-order valence-corrected chi connectivity index (χ3v) is 3.85. The van der Waals surface area contributed by atoms with Crippen LogP contribution in [0.2, 0.25) is 0 Å². The Hall–Kier alpha value is -0.910. The van der Waals surface area contributed by atoms with Gasteiger partial charge in [-0.3, -0.25) is 4.79 Å². The van der Waals surface area contributed by atoms with Crippen molar-refractivity contribution in [1.82, 2.24) is 5.32 Å². The third kappa shape index (κ3) is 4.89. The molecule has 1 heterocycles. The fourth-order valence-corrected chi connectivity index (χ4v) is 2.81. The SMILES string of the molecule is CC1(C)CC(NCC(=O)Nc2cccc(Br)c2)CCO1. The van der Waals surface area contributed by atoms with Crippen LogP contribution in [0, 0.1) is 0 Å². The van der Waals surface area contributed by atoms with Crippen LogP contribution >= 0.6 is 15.9 Å². The highest BCUT2D eigenvalue weighted by atomic mass is 79.9. The fourth-order valence-electron chi connectivity index (χ4n) is 2.41. The van der Waals surface area contributed by atoms with E-state index in [9.17, 15) is 4.79 Å². The van der Waals surface area contributed by atoms with Gasteiger partial charge in [0, 0.05) is 22.8 Å². The quantitative estimate of drug-likeness (QED) is 0.885. The van der Waals surface area contributed by atoms with Crippen molar-refractivity contribution in [3.63, 3.8) is 0 Å². The summed E-state index contributed by atoms with van der Waals surface area (Å²) in [6.45, 7) is 5.25. The molecular formula is C15H21BrN2O2. The van der Waals surface area contributed by atoms with E-state index in [4.69, 9.17) is 4.74 Å². The second kappa shape index (κ2) is 6.70. The van der Waals surface area contributed by atoms with Crippen LogP contribution in [0.25, 0.3) is 0 Å². The van der Waals surface area contributed by atoms with Crippen LogP contribution in [-0.2, 0) is 9.53 Å². The van der Waals surface area contributed by atoms with Crippen LogP contribution in [-0.4, -0.2) is 30.7 Å². The van der Waals surface area contributed by atoms with Gasteiger partial charge >= 0.3 is 0 Å². The van der Waals surface area contributed by atoms with Crippen LogP contribution in [0.5, 0.6) is 0 Å². The number of nitrogens with one attached hydrogen (secondary N) is 2. The van der Waals surface area contributed by atoms with Gasteiger partial charge in [-0.05, 0) is 44.9 Å². The molecule has 2 rings (SSSR count). The van der Waals surface area contributed by atoms with E-state index in [1.807, 2.05) is 24.3 Å². The molecule has 110 valence electrons. The van der Waals surface area contributed by atoms with Gasteiger partial charge in [0.05, 0.1) is 12.1 Å². The molecule has 1 fully saturated rings. The molecule has 0 saturated carbocycles. The van der Waals surface area contributed by atoms with Crippen molar-refractivity contribution < 1.29 is 9.53 Å². The number of rotatable bonds is 4. The van der Waals surface area contributed by atoms with E-state index >= 15 is 0 Å². The van der Waals surface area contributed by atoms with Gasteiger partial charge in [0.25, 0.3) is 0 Å². The summed E-state index contributed by atoms with van der Waals surface area (Å²) in [6, 6.07) is 7.92. The average molecular weight is 341 g/mol. The van der Waals surface area contributed by atoms with E-state index in [1.165, 1.54) is 0 Å². The average Bonchev–Trinajstić information content (AvgIpc) is 2.35. The Morgan fingerprint density at radius 1 is 1.50 bits per heavy atom. The summed E-state index contributed by atoms with van der Waals surface area (Å²) in [5.74, 6) is -0.0209. The fraction of sp³-hybridized carbons (Fsp3) is 0.533. The molecule has 5 heteroatoms. The van der Waals surface area contributed by atoms with Crippen molar-refractivity contribution in [3.05, 3.63) is 28.7 Å². The van der Waals surface area contributed by atoms with Gasteiger partial charge in [0.1, 0.15) is 0 Å². The molecule has 1 aromatic rings. The summed E-state index contributed by atoms with van der Waals surface area (Å²) < 4.78 is 6.62. The summed E-state index contributed by atoms with van der Waals surface area (Å²) in [7, 11) is 0. The number of anilines is 1. The smallest absolute Gasteiger partial charge is 0.238 e. The standard InChI is InChI=1S/C15H21BrN2O2/c1-15(2)9-13(6-7-20-15)17-10-14(19)18-12-5-3-4-11(16)8-12/h3-5,8,13,17H,6-7,9-10H2,1-2H3,(H,18,19). The zero-order valence-corrected chi connectivity index (χ0v) is 13.5. The Kier molecular flexibility index (Phi) is 5.18. The number of ether oxygens (including phenoxy) is 1. The highest BCUT2D eigenvalue weighted by Gasteiger charge is 2.28. The van der Waals surface area contributed by atoms with Crippen molar-refractivity contribution in [2.45, 2.75) is 38.3 Å². The monoisotopic (exact) mass is 340 g/mol. The molecule has 1 atom stereocenters. The first-order valence-corrected chi connectivity index (χ1v) is 7.67. The number of hydrogen-bond acceptors (Lipinski definition) is 3. The lowest BCUT2D eigenvalue weighted by Gasteiger charge is -2.35. The minimum absolute atomic E-state index is 0.0209. The summed E-state index contributed by atoms with van der Waals surface area (Å²) >= 11 is 3.39. The molecule has 20 heavy (non-hydrogen) atoms. The molecule has 1 aromatic carbocycles. The number of amides is 1. The van der Waals surface area contributed by atoms with E-state index in [0.717, 1.165) is 29.6 Å². The Bertz CT molecular complexity index is 477. The first kappa shape index (κ1) is 15.5. The lowest BCUT2D eigenvalue weighted by Crippen LogP contribution is -2.45.